The summed E-state index contributed by atoms with van der Waals surface area (Å²) in [6, 6.07) is 13.6. The van der Waals surface area contributed by atoms with E-state index in [0.29, 0.717) is 28.7 Å². The Morgan fingerprint density at radius 3 is 2.64 bits per heavy atom. The summed E-state index contributed by atoms with van der Waals surface area (Å²) in [5.41, 5.74) is 6.63. The van der Waals surface area contributed by atoms with Gasteiger partial charge in [-0.3, -0.25) is 0 Å². The predicted octanol–water partition coefficient (Wildman–Crippen LogP) is 9.40. The molecule has 0 fully saturated rings. The van der Waals surface area contributed by atoms with Crippen LogP contribution in [0.3, 0.4) is 0 Å². The smallest absolute Gasteiger partial charge is 0.169 e. The molecule has 1 aliphatic carbocycles. The highest BCUT2D eigenvalue weighted by molar-refractivity contribution is 5.85. The molecule has 6 nitrogen and oxygen atoms in total. The predicted molar refractivity (Wildman–Crippen MR) is 174 cm³/mol. The van der Waals surface area contributed by atoms with Crippen molar-refractivity contribution in [1.29, 1.82) is 5.26 Å². The minimum absolute atomic E-state index is 0.119. The lowest BCUT2D eigenvalue weighted by atomic mass is 9.75. The molecule has 0 amide bonds. The van der Waals surface area contributed by atoms with Crippen molar-refractivity contribution >= 4 is 16.5 Å². The van der Waals surface area contributed by atoms with Crippen LogP contribution in [0.15, 0.2) is 84.3 Å². The molecule has 1 atom stereocenters. The van der Waals surface area contributed by atoms with E-state index >= 15 is 4.39 Å². The number of allylic oxidation sites excluding steroid dienone is 4. The van der Waals surface area contributed by atoms with Crippen LogP contribution in [0.1, 0.15) is 87.5 Å². The molecule has 234 valence electrons. The first-order valence-corrected chi connectivity index (χ1v) is 15.5. The molecule has 2 heterocycles. The molecular formula is C37H40F2N4O2. The molecule has 0 aliphatic heterocycles. The molecule has 5 rings (SSSR count). The van der Waals surface area contributed by atoms with Gasteiger partial charge in [-0.1, -0.05) is 62.9 Å². The maximum atomic E-state index is 15.4. The Bertz CT molecular complexity index is 1800. The number of aromatic nitrogens is 3. The number of hydrogen-bond donors (Lipinski definition) is 3. The fourth-order valence-corrected chi connectivity index (χ4v) is 5.54. The number of unbranched alkanes of at least 4 members (excludes halogenated alkanes) is 4. The molecule has 2 aromatic heterocycles. The number of H-pyrrole nitrogens is 2. The second kappa shape index (κ2) is 15.3. The number of aryl methyl sites for hydroxylation is 1. The number of hydrogen-bond acceptors (Lipinski definition) is 4. The van der Waals surface area contributed by atoms with Gasteiger partial charge in [-0.15, -0.1) is 5.73 Å². The summed E-state index contributed by atoms with van der Waals surface area (Å²) in [4.78, 5) is 10.8. The van der Waals surface area contributed by atoms with E-state index in [1.807, 2.05) is 19.9 Å². The molecule has 4 aromatic rings. The summed E-state index contributed by atoms with van der Waals surface area (Å²) in [7, 11) is 0. The molecule has 3 N–H and O–H groups in total. The second-order valence-corrected chi connectivity index (χ2v) is 11.0. The zero-order valence-corrected chi connectivity index (χ0v) is 26.3. The maximum absolute atomic E-state index is 15.4. The molecule has 1 unspecified atom stereocenters. The molecule has 0 saturated carbocycles. The highest BCUT2D eigenvalue weighted by atomic mass is 19.1. The summed E-state index contributed by atoms with van der Waals surface area (Å²) in [5, 5.41) is 19.4. The average Bonchev–Trinajstić information content (AvgIpc) is 3.69. The first-order valence-electron chi connectivity index (χ1n) is 15.5. The number of benzene rings is 2. The molecule has 0 radical (unpaired) electrons. The van der Waals surface area contributed by atoms with Crippen molar-refractivity contribution in [1.82, 2.24) is 15.0 Å². The maximum Gasteiger partial charge on any atom is 0.169 e. The SMILES string of the molecule is CC.Cc1cccc(C(C)(CCCCCCC#N)c2cnc(C3=C=CC(Oc4c(F)cc5[nH]ccc5c4CO)=CC=C3F)[nH]2)c1. The number of halogens is 2. The summed E-state index contributed by atoms with van der Waals surface area (Å²) in [5.74, 6) is -0.880. The minimum atomic E-state index is -0.651. The van der Waals surface area contributed by atoms with Crippen LogP contribution in [0.5, 0.6) is 5.75 Å². The number of nitriles is 1. The van der Waals surface area contributed by atoms with Crippen molar-refractivity contribution in [3.63, 3.8) is 0 Å². The number of nitrogens with one attached hydrogen (secondary N) is 2. The van der Waals surface area contributed by atoms with Gasteiger partial charge in [0.05, 0.1) is 18.2 Å². The number of aliphatic hydroxyl groups is 1. The lowest BCUT2D eigenvalue weighted by Crippen LogP contribution is -2.24. The van der Waals surface area contributed by atoms with Gasteiger partial charge < -0.3 is 19.8 Å². The van der Waals surface area contributed by atoms with Gasteiger partial charge in [-0.25, -0.2) is 13.8 Å². The Hall–Kier alpha value is -4.70. The largest absolute Gasteiger partial charge is 0.453 e. The van der Waals surface area contributed by atoms with E-state index in [1.165, 1.54) is 24.3 Å². The van der Waals surface area contributed by atoms with Gasteiger partial charge in [0.25, 0.3) is 0 Å². The van der Waals surface area contributed by atoms with E-state index in [0.717, 1.165) is 48.9 Å². The van der Waals surface area contributed by atoms with Crippen LogP contribution in [-0.2, 0) is 12.0 Å². The molecule has 45 heavy (non-hydrogen) atoms. The average molecular weight is 611 g/mol. The van der Waals surface area contributed by atoms with Crippen molar-refractivity contribution in [3.8, 4) is 11.8 Å². The van der Waals surface area contributed by atoms with Gasteiger partial charge in [-0.2, -0.15) is 5.26 Å². The summed E-state index contributed by atoms with van der Waals surface area (Å²) < 4.78 is 36.1. The number of ether oxygens (including phenoxy) is 1. The van der Waals surface area contributed by atoms with Crippen molar-refractivity contribution < 1.29 is 18.6 Å². The second-order valence-electron chi connectivity index (χ2n) is 11.0. The summed E-state index contributed by atoms with van der Waals surface area (Å²) >= 11 is 0. The van der Waals surface area contributed by atoms with Crippen LogP contribution < -0.4 is 4.74 Å². The fraction of sp³-hybridized carbons (Fsp3) is 0.324. The standard InChI is InChI=1S/C35H34F2N4O2.C2H6/c1-23-9-8-10-24(19-23)35(2,16-6-4-3-5-7-17-38)32-21-40-34(41-32)27-13-11-25(12-14-29(27)36)43-33-28(22-42)26-15-18-39-31(26)20-30(33)37;1-2/h8-12,14-15,18-21,39,42H,3-7,16,22H2,1-2H3,(H,40,41);1-2H3. The van der Waals surface area contributed by atoms with Gasteiger partial charge in [0.1, 0.15) is 17.4 Å². The number of imidazole rings is 1. The van der Waals surface area contributed by atoms with Crippen molar-refractivity contribution in [2.24, 2.45) is 0 Å². The minimum Gasteiger partial charge on any atom is -0.453 e. The molecule has 0 saturated heterocycles. The van der Waals surface area contributed by atoms with E-state index in [9.17, 15) is 9.50 Å². The van der Waals surface area contributed by atoms with E-state index in [2.05, 4.69) is 58.8 Å². The zero-order valence-electron chi connectivity index (χ0n) is 26.3. The Balaban J connectivity index is 0.00000226. The highest BCUT2D eigenvalue weighted by Crippen LogP contribution is 2.38. The topological polar surface area (TPSA) is 97.7 Å². The first-order chi connectivity index (χ1) is 21.8. The third-order valence-corrected chi connectivity index (χ3v) is 8.01. The Kier molecular flexibility index (Phi) is 11.3. The normalized spacial score (nSPS) is 14.0. The molecule has 2 aromatic carbocycles. The monoisotopic (exact) mass is 610 g/mol. The Morgan fingerprint density at radius 1 is 1.09 bits per heavy atom. The quantitative estimate of drug-likeness (QED) is 0.110. The van der Waals surface area contributed by atoms with Crippen LogP contribution in [0.4, 0.5) is 8.78 Å². The summed E-state index contributed by atoms with van der Waals surface area (Å²) in [6.45, 7) is 7.79. The molecular weight excluding hydrogens is 570 g/mol. The van der Waals surface area contributed by atoms with Gasteiger partial charge in [0, 0.05) is 58.5 Å². The van der Waals surface area contributed by atoms with Crippen LogP contribution >= 0.6 is 0 Å². The Labute approximate surface area is 263 Å². The van der Waals surface area contributed by atoms with Gasteiger partial charge in [-0.05, 0) is 50.5 Å². The van der Waals surface area contributed by atoms with Crippen molar-refractivity contribution in [2.45, 2.75) is 78.2 Å². The molecule has 0 spiro atoms. The van der Waals surface area contributed by atoms with E-state index in [-0.39, 0.29) is 17.1 Å². The highest BCUT2D eigenvalue weighted by Gasteiger charge is 2.31. The zero-order chi connectivity index (χ0) is 32.4. The Morgan fingerprint density at radius 2 is 1.89 bits per heavy atom. The number of aliphatic hydroxyl groups excluding tert-OH is 1. The third kappa shape index (κ3) is 7.51. The van der Waals surface area contributed by atoms with Gasteiger partial charge in [0.15, 0.2) is 11.6 Å². The first kappa shape index (κ1) is 33.2. The summed E-state index contributed by atoms with van der Waals surface area (Å²) in [6.07, 6.45) is 12.8. The fourth-order valence-electron chi connectivity index (χ4n) is 5.54. The van der Waals surface area contributed by atoms with E-state index < -0.39 is 23.7 Å². The van der Waals surface area contributed by atoms with Crippen LogP contribution in [0.25, 0.3) is 16.5 Å². The number of fused-ring (bicyclic) bond motifs is 1. The van der Waals surface area contributed by atoms with Gasteiger partial charge in [0.2, 0.25) is 0 Å². The van der Waals surface area contributed by atoms with Crippen LogP contribution in [-0.4, -0.2) is 20.1 Å². The number of nitrogens with zero attached hydrogens (tertiary/aromatic N) is 2. The van der Waals surface area contributed by atoms with Gasteiger partial charge >= 0.3 is 0 Å². The molecule has 8 heteroatoms. The molecule has 1 aliphatic rings. The van der Waals surface area contributed by atoms with E-state index in [4.69, 9.17) is 10.00 Å². The molecule has 0 bridgehead atoms. The third-order valence-electron chi connectivity index (χ3n) is 8.01. The lowest BCUT2D eigenvalue weighted by Gasteiger charge is -2.30. The number of aromatic amines is 2. The van der Waals surface area contributed by atoms with Crippen molar-refractivity contribution in [2.75, 3.05) is 0 Å². The number of rotatable bonds is 12. The van der Waals surface area contributed by atoms with Crippen LogP contribution in [0.2, 0.25) is 0 Å². The lowest BCUT2D eigenvalue weighted by molar-refractivity contribution is 0.275. The van der Waals surface area contributed by atoms with Crippen LogP contribution in [0, 0.1) is 24.1 Å². The van der Waals surface area contributed by atoms with E-state index in [1.54, 1.807) is 18.5 Å². The van der Waals surface area contributed by atoms with Crippen molar-refractivity contribution in [3.05, 3.63) is 118 Å².